The molecule has 2 N–H and O–H groups in total. The topological polar surface area (TPSA) is 111 Å². The Morgan fingerprint density at radius 3 is 2.70 bits per heavy atom. The average Bonchev–Trinajstić information content (AvgIpc) is 3.04. The first-order valence-electron chi connectivity index (χ1n) is 6.52. The van der Waals surface area contributed by atoms with Gasteiger partial charge in [0.25, 0.3) is 5.91 Å². The standard InChI is InChI=1S/C14H13N3O5S/c18-13(16-14(19)15-8-10-4-3-7-23-10)9-22-12-6-2-1-5-11(12)17(20)21/h1-7H,8-9H2,(H2,15,16,18,19). The second-order valence-electron chi connectivity index (χ2n) is 4.32. The SMILES string of the molecule is O=C(COc1ccccc1[N+](=O)[O-])NC(=O)NCc1cccs1. The molecule has 9 heteroatoms. The maximum Gasteiger partial charge on any atom is 0.321 e. The lowest BCUT2D eigenvalue weighted by Crippen LogP contribution is -2.41. The highest BCUT2D eigenvalue weighted by Gasteiger charge is 2.15. The summed E-state index contributed by atoms with van der Waals surface area (Å²) in [6.07, 6.45) is 0. The number of benzene rings is 1. The third-order valence-corrected chi connectivity index (χ3v) is 3.55. The van der Waals surface area contributed by atoms with Crippen molar-refractivity contribution < 1.29 is 19.2 Å². The van der Waals surface area contributed by atoms with Crippen LogP contribution in [0.4, 0.5) is 10.5 Å². The summed E-state index contributed by atoms with van der Waals surface area (Å²) < 4.78 is 5.08. The second kappa shape index (κ2) is 7.90. The van der Waals surface area contributed by atoms with Crippen molar-refractivity contribution in [3.05, 3.63) is 56.8 Å². The summed E-state index contributed by atoms with van der Waals surface area (Å²) in [5.41, 5.74) is -0.248. The van der Waals surface area contributed by atoms with Gasteiger partial charge in [-0.15, -0.1) is 11.3 Å². The molecule has 0 radical (unpaired) electrons. The van der Waals surface area contributed by atoms with Gasteiger partial charge in [0, 0.05) is 10.9 Å². The Morgan fingerprint density at radius 1 is 1.22 bits per heavy atom. The Morgan fingerprint density at radius 2 is 2.00 bits per heavy atom. The van der Waals surface area contributed by atoms with E-state index < -0.39 is 23.5 Å². The summed E-state index contributed by atoms with van der Waals surface area (Å²) in [6.45, 7) is -0.195. The van der Waals surface area contributed by atoms with Gasteiger partial charge < -0.3 is 10.1 Å². The Hall–Kier alpha value is -2.94. The van der Waals surface area contributed by atoms with E-state index >= 15 is 0 Å². The number of urea groups is 1. The van der Waals surface area contributed by atoms with Crippen LogP contribution in [0, 0.1) is 10.1 Å². The highest BCUT2D eigenvalue weighted by atomic mass is 32.1. The molecule has 0 aliphatic rings. The number of hydrogen-bond acceptors (Lipinski definition) is 6. The van der Waals surface area contributed by atoms with Gasteiger partial charge in [-0.05, 0) is 17.5 Å². The van der Waals surface area contributed by atoms with E-state index in [2.05, 4.69) is 10.6 Å². The summed E-state index contributed by atoms with van der Waals surface area (Å²) in [5, 5.41) is 17.3. The van der Waals surface area contributed by atoms with Gasteiger partial charge in [0.1, 0.15) is 0 Å². The molecule has 8 nitrogen and oxygen atoms in total. The Balaban J connectivity index is 1.79. The van der Waals surface area contributed by atoms with E-state index in [1.165, 1.54) is 29.5 Å². The number of nitrogens with zero attached hydrogens (tertiary/aromatic N) is 1. The zero-order valence-corrected chi connectivity index (χ0v) is 12.7. The van der Waals surface area contributed by atoms with Crippen LogP contribution >= 0.6 is 11.3 Å². The third kappa shape index (κ3) is 5.08. The van der Waals surface area contributed by atoms with Gasteiger partial charge in [0.2, 0.25) is 0 Å². The average molecular weight is 335 g/mol. The normalized spacial score (nSPS) is 9.91. The van der Waals surface area contributed by atoms with Crippen molar-refractivity contribution in [1.82, 2.24) is 10.6 Å². The van der Waals surface area contributed by atoms with Crippen LogP contribution in [0.5, 0.6) is 5.75 Å². The van der Waals surface area contributed by atoms with Crippen molar-refractivity contribution in [2.75, 3.05) is 6.61 Å². The van der Waals surface area contributed by atoms with Gasteiger partial charge in [0.15, 0.2) is 12.4 Å². The number of rotatable bonds is 6. The molecule has 23 heavy (non-hydrogen) atoms. The number of carbonyl (C=O) groups excluding carboxylic acids is 2. The number of nitro groups is 1. The first-order valence-corrected chi connectivity index (χ1v) is 7.40. The molecule has 0 aliphatic carbocycles. The molecule has 0 saturated carbocycles. The van der Waals surface area contributed by atoms with Crippen LogP contribution in [-0.2, 0) is 11.3 Å². The van der Waals surface area contributed by atoms with Crippen LogP contribution in [0.3, 0.4) is 0 Å². The van der Waals surface area contributed by atoms with E-state index in [9.17, 15) is 19.7 Å². The quantitative estimate of drug-likeness (QED) is 0.620. The number of nitrogens with one attached hydrogen (secondary N) is 2. The van der Waals surface area contributed by atoms with E-state index in [-0.39, 0.29) is 11.4 Å². The lowest BCUT2D eigenvalue weighted by Gasteiger charge is -2.07. The first kappa shape index (κ1) is 16.4. The van der Waals surface area contributed by atoms with Crippen LogP contribution in [0.15, 0.2) is 41.8 Å². The fourth-order valence-electron chi connectivity index (χ4n) is 1.66. The van der Waals surface area contributed by atoms with Gasteiger partial charge in [0.05, 0.1) is 11.5 Å². The minimum absolute atomic E-state index is 0.0355. The lowest BCUT2D eigenvalue weighted by molar-refractivity contribution is -0.385. The number of thiophene rings is 1. The monoisotopic (exact) mass is 335 g/mol. The number of amides is 3. The predicted molar refractivity (Wildman–Crippen MR) is 83.3 cm³/mol. The van der Waals surface area contributed by atoms with Crippen LogP contribution in [-0.4, -0.2) is 23.5 Å². The van der Waals surface area contributed by atoms with Gasteiger partial charge in [-0.1, -0.05) is 18.2 Å². The summed E-state index contributed by atoms with van der Waals surface area (Å²) in [7, 11) is 0. The summed E-state index contributed by atoms with van der Waals surface area (Å²) >= 11 is 1.48. The maximum atomic E-state index is 11.6. The molecular formula is C14H13N3O5S. The second-order valence-corrected chi connectivity index (χ2v) is 5.36. The summed E-state index contributed by atoms with van der Waals surface area (Å²) in [6, 6.07) is 8.73. The Labute approximate surface area is 135 Å². The van der Waals surface area contributed by atoms with Crippen molar-refractivity contribution in [2.45, 2.75) is 6.54 Å². The molecule has 1 aromatic heterocycles. The van der Waals surface area contributed by atoms with Gasteiger partial charge in [-0.3, -0.25) is 20.2 Å². The molecule has 0 fully saturated rings. The smallest absolute Gasteiger partial charge is 0.321 e. The largest absolute Gasteiger partial charge is 0.477 e. The molecule has 0 spiro atoms. The van der Waals surface area contributed by atoms with Crippen LogP contribution < -0.4 is 15.4 Å². The van der Waals surface area contributed by atoms with Crippen LogP contribution in [0.2, 0.25) is 0 Å². The summed E-state index contributed by atoms with van der Waals surface area (Å²) in [5.74, 6) is -0.738. The van der Waals surface area contributed by atoms with Crippen molar-refractivity contribution in [1.29, 1.82) is 0 Å². The van der Waals surface area contributed by atoms with Gasteiger partial charge in [-0.25, -0.2) is 4.79 Å². The van der Waals surface area contributed by atoms with E-state index in [0.717, 1.165) is 4.88 Å². The minimum atomic E-state index is -0.702. The fourth-order valence-corrected chi connectivity index (χ4v) is 2.31. The molecule has 1 aromatic carbocycles. The molecule has 0 aliphatic heterocycles. The number of hydrogen-bond donors (Lipinski definition) is 2. The molecule has 0 bridgehead atoms. The molecule has 1 heterocycles. The van der Waals surface area contributed by atoms with Gasteiger partial charge in [-0.2, -0.15) is 0 Å². The molecule has 0 saturated heterocycles. The number of carbonyl (C=O) groups is 2. The highest BCUT2D eigenvalue weighted by Crippen LogP contribution is 2.25. The molecule has 0 unspecified atom stereocenters. The van der Waals surface area contributed by atoms with Crippen molar-refractivity contribution in [3.8, 4) is 5.75 Å². The minimum Gasteiger partial charge on any atom is -0.477 e. The molecule has 2 aromatic rings. The fraction of sp³-hybridized carbons (Fsp3) is 0.143. The Bertz CT molecular complexity index is 702. The number of nitro benzene ring substituents is 1. The predicted octanol–water partition coefficient (Wildman–Crippen LogP) is 2.06. The third-order valence-electron chi connectivity index (χ3n) is 2.68. The number of para-hydroxylation sites is 2. The number of ether oxygens (including phenoxy) is 1. The zero-order chi connectivity index (χ0) is 16.7. The van der Waals surface area contributed by atoms with Gasteiger partial charge >= 0.3 is 11.7 Å². The zero-order valence-electron chi connectivity index (χ0n) is 11.9. The van der Waals surface area contributed by atoms with Crippen molar-refractivity contribution in [2.24, 2.45) is 0 Å². The molecule has 3 amide bonds. The first-order chi connectivity index (χ1) is 11.1. The van der Waals surface area contributed by atoms with Crippen LogP contribution in [0.1, 0.15) is 4.88 Å². The van der Waals surface area contributed by atoms with E-state index in [1.807, 2.05) is 17.5 Å². The van der Waals surface area contributed by atoms with E-state index in [4.69, 9.17) is 4.74 Å². The molecular weight excluding hydrogens is 322 g/mol. The lowest BCUT2D eigenvalue weighted by atomic mass is 10.3. The van der Waals surface area contributed by atoms with E-state index in [0.29, 0.717) is 6.54 Å². The van der Waals surface area contributed by atoms with Crippen LogP contribution in [0.25, 0.3) is 0 Å². The van der Waals surface area contributed by atoms with E-state index in [1.54, 1.807) is 6.07 Å². The highest BCUT2D eigenvalue weighted by molar-refractivity contribution is 7.09. The summed E-state index contributed by atoms with van der Waals surface area (Å²) in [4.78, 5) is 34.3. The Kier molecular flexibility index (Phi) is 5.64. The van der Waals surface area contributed by atoms with Crippen molar-refractivity contribution >= 4 is 29.0 Å². The van der Waals surface area contributed by atoms with Crippen molar-refractivity contribution in [3.63, 3.8) is 0 Å². The maximum absolute atomic E-state index is 11.6. The molecule has 120 valence electrons. The number of imide groups is 1. The molecule has 2 rings (SSSR count). The molecule has 0 atom stereocenters.